The molecule has 0 saturated carbocycles. The van der Waals surface area contributed by atoms with Gasteiger partial charge >= 0.3 is 0 Å². The Hall–Kier alpha value is -3.86. The molecule has 0 bridgehead atoms. The van der Waals surface area contributed by atoms with Crippen molar-refractivity contribution in [3.8, 4) is 5.75 Å². The summed E-state index contributed by atoms with van der Waals surface area (Å²) in [6.07, 6.45) is 3.52. The monoisotopic (exact) mass is 439 g/mol. The molecule has 5 nitrogen and oxygen atoms in total. The highest BCUT2D eigenvalue weighted by molar-refractivity contribution is 6.04. The predicted molar refractivity (Wildman–Crippen MR) is 132 cm³/mol. The fourth-order valence-electron chi connectivity index (χ4n) is 3.60. The second-order valence-electron chi connectivity index (χ2n) is 8.52. The van der Waals surface area contributed by atoms with E-state index in [2.05, 4.69) is 55.5 Å². The summed E-state index contributed by atoms with van der Waals surface area (Å²) in [6.45, 7) is 7.48. The van der Waals surface area contributed by atoms with Gasteiger partial charge in [0.1, 0.15) is 12.4 Å². The summed E-state index contributed by atoms with van der Waals surface area (Å²) in [5.41, 5.74) is 5.88. The molecule has 1 aromatic heterocycles. The zero-order valence-electron chi connectivity index (χ0n) is 19.3. The van der Waals surface area contributed by atoms with Crippen molar-refractivity contribution >= 4 is 11.6 Å². The van der Waals surface area contributed by atoms with E-state index in [1.807, 2.05) is 53.3 Å². The van der Waals surface area contributed by atoms with Crippen molar-refractivity contribution in [2.75, 3.05) is 5.32 Å². The van der Waals surface area contributed by atoms with Gasteiger partial charge in [0.05, 0.1) is 18.4 Å². The van der Waals surface area contributed by atoms with Crippen LogP contribution in [0.3, 0.4) is 0 Å². The van der Waals surface area contributed by atoms with E-state index in [-0.39, 0.29) is 5.91 Å². The Balaban J connectivity index is 1.36. The third-order valence-electron chi connectivity index (χ3n) is 5.63. The largest absolute Gasteiger partial charge is 0.489 e. The molecule has 3 aromatic carbocycles. The fourth-order valence-corrected chi connectivity index (χ4v) is 3.60. The average molecular weight is 440 g/mol. The van der Waals surface area contributed by atoms with Gasteiger partial charge in [-0.1, -0.05) is 62.4 Å². The van der Waals surface area contributed by atoms with Gasteiger partial charge in [-0.15, -0.1) is 0 Å². The summed E-state index contributed by atoms with van der Waals surface area (Å²) in [4.78, 5) is 12.8. The SMILES string of the molecule is Cc1ccccc1Cn1cc(NC(=O)c2cccc(COc3ccc(C(C)C)cc3)c2)cn1. The topological polar surface area (TPSA) is 56.2 Å². The molecule has 0 radical (unpaired) electrons. The van der Waals surface area contributed by atoms with Crippen LogP contribution in [0.25, 0.3) is 0 Å². The van der Waals surface area contributed by atoms with E-state index in [0.717, 1.165) is 11.3 Å². The number of hydrogen-bond donors (Lipinski definition) is 1. The van der Waals surface area contributed by atoms with Crippen LogP contribution < -0.4 is 10.1 Å². The fraction of sp³-hybridized carbons (Fsp3) is 0.214. The van der Waals surface area contributed by atoms with Crippen molar-refractivity contribution in [3.63, 3.8) is 0 Å². The Morgan fingerprint density at radius 3 is 2.58 bits per heavy atom. The third kappa shape index (κ3) is 5.89. The lowest BCUT2D eigenvalue weighted by atomic mass is 10.0. The van der Waals surface area contributed by atoms with E-state index < -0.39 is 0 Å². The molecule has 0 aliphatic rings. The number of hydrogen-bond acceptors (Lipinski definition) is 3. The van der Waals surface area contributed by atoms with Crippen molar-refractivity contribution < 1.29 is 9.53 Å². The highest BCUT2D eigenvalue weighted by Gasteiger charge is 2.10. The first-order valence-electron chi connectivity index (χ1n) is 11.2. The normalized spacial score (nSPS) is 10.9. The maximum absolute atomic E-state index is 12.8. The lowest BCUT2D eigenvalue weighted by Gasteiger charge is -2.10. The molecule has 0 fully saturated rings. The average Bonchev–Trinajstić information content (AvgIpc) is 3.26. The van der Waals surface area contributed by atoms with Gasteiger partial charge in [-0.05, 0) is 59.4 Å². The second-order valence-corrected chi connectivity index (χ2v) is 8.52. The molecule has 1 heterocycles. The molecule has 1 amide bonds. The van der Waals surface area contributed by atoms with Crippen molar-refractivity contribution in [1.82, 2.24) is 9.78 Å². The molecule has 5 heteroatoms. The summed E-state index contributed by atoms with van der Waals surface area (Å²) in [7, 11) is 0. The number of carbonyl (C=O) groups excluding carboxylic acids is 1. The summed E-state index contributed by atoms with van der Waals surface area (Å²) >= 11 is 0. The number of anilines is 1. The number of carbonyl (C=O) groups is 1. The van der Waals surface area contributed by atoms with Crippen LogP contribution in [0.5, 0.6) is 5.75 Å². The zero-order chi connectivity index (χ0) is 23.2. The maximum Gasteiger partial charge on any atom is 0.255 e. The standard InChI is InChI=1S/C28H29N3O2/c1-20(2)23-11-13-27(14-12-23)33-19-22-8-6-10-24(15-22)28(32)30-26-16-29-31(18-26)17-25-9-5-4-7-21(25)3/h4-16,18,20H,17,19H2,1-3H3,(H,30,32). The highest BCUT2D eigenvalue weighted by atomic mass is 16.5. The van der Waals surface area contributed by atoms with E-state index in [1.54, 1.807) is 12.3 Å². The molecule has 0 spiro atoms. The molecule has 0 saturated heterocycles. The molecule has 1 N–H and O–H groups in total. The number of aromatic nitrogens is 2. The van der Waals surface area contributed by atoms with Gasteiger partial charge in [0.25, 0.3) is 5.91 Å². The first-order valence-corrected chi connectivity index (χ1v) is 11.2. The number of aryl methyl sites for hydroxylation is 1. The number of rotatable bonds is 8. The molecule has 4 rings (SSSR count). The lowest BCUT2D eigenvalue weighted by Crippen LogP contribution is -2.12. The maximum atomic E-state index is 12.8. The number of ether oxygens (including phenoxy) is 1. The van der Waals surface area contributed by atoms with E-state index in [4.69, 9.17) is 4.74 Å². The summed E-state index contributed by atoms with van der Waals surface area (Å²) in [5, 5.41) is 7.31. The van der Waals surface area contributed by atoms with Crippen molar-refractivity contribution in [3.05, 3.63) is 113 Å². The summed E-state index contributed by atoms with van der Waals surface area (Å²) in [6, 6.07) is 23.8. The molecule has 0 unspecified atom stereocenters. The van der Waals surface area contributed by atoms with Crippen LogP contribution in [-0.2, 0) is 13.2 Å². The summed E-state index contributed by atoms with van der Waals surface area (Å²) in [5.74, 6) is 1.13. The van der Waals surface area contributed by atoms with Crippen LogP contribution in [-0.4, -0.2) is 15.7 Å². The van der Waals surface area contributed by atoms with Crippen LogP contribution in [0.4, 0.5) is 5.69 Å². The quantitative estimate of drug-likeness (QED) is 0.356. The highest BCUT2D eigenvalue weighted by Crippen LogP contribution is 2.20. The number of nitrogens with one attached hydrogen (secondary N) is 1. The Morgan fingerprint density at radius 2 is 1.82 bits per heavy atom. The number of nitrogens with zero attached hydrogens (tertiary/aromatic N) is 2. The zero-order valence-corrected chi connectivity index (χ0v) is 19.3. The molecule has 0 atom stereocenters. The van der Waals surface area contributed by atoms with E-state index in [1.165, 1.54) is 16.7 Å². The van der Waals surface area contributed by atoms with E-state index in [0.29, 0.717) is 30.3 Å². The second kappa shape index (κ2) is 10.2. The van der Waals surface area contributed by atoms with Crippen LogP contribution in [0.2, 0.25) is 0 Å². The van der Waals surface area contributed by atoms with Gasteiger partial charge in [0, 0.05) is 11.8 Å². The van der Waals surface area contributed by atoms with Crippen molar-refractivity contribution in [1.29, 1.82) is 0 Å². The smallest absolute Gasteiger partial charge is 0.255 e. The van der Waals surface area contributed by atoms with Gasteiger partial charge in [-0.3, -0.25) is 9.48 Å². The molecule has 0 aliphatic heterocycles. The Labute approximate surface area is 195 Å². The molecular formula is C28H29N3O2. The van der Waals surface area contributed by atoms with Crippen LogP contribution in [0.15, 0.2) is 85.2 Å². The Morgan fingerprint density at radius 1 is 1.03 bits per heavy atom. The minimum Gasteiger partial charge on any atom is -0.489 e. The number of benzene rings is 3. The molecule has 4 aromatic rings. The third-order valence-corrected chi connectivity index (χ3v) is 5.63. The first kappa shape index (κ1) is 22.3. The molecule has 0 aliphatic carbocycles. The van der Waals surface area contributed by atoms with Crippen molar-refractivity contribution in [2.45, 2.75) is 39.8 Å². The molecule has 33 heavy (non-hydrogen) atoms. The van der Waals surface area contributed by atoms with Gasteiger partial charge < -0.3 is 10.1 Å². The molecular weight excluding hydrogens is 410 g/mol. The van der Waals surface area contributed by atoms with Gasteiger partial charge in [-0.25, -0.2) is 0 Å². The first-order chi connectivity index (χ1) is 16.0. The van der Waals surface area contributed by atoms with Crippen LogP contribution in [0, 0.1) is 6.92 Å². The van der Waals surface area contributed by atoms with Crippen LogP contribution >= 0.6 is 0 Å². The predicted octanol–water partition coefficient (Wildman–Crippen LogP) is 6.19. The Kier molecular flexibility index (Phi) is 6.89. The van der Waals surface area contributed by atoms with Gasteiger partial charge in [-0.2, -0.15) is 5.10 Å². The van der Waals surface area contributed by atoms with E-state index in [9.17, 15) is 4.79 Å². The van der Waals surface area contributed by atoms with Gasteiger partial charge in [0.15, 0.2) is 0 Å². The summed E-state index contributed by atoms with van der Waals surface area (Å²) < 4.78 is 7.73. The van der Waals surface area contributed by atoms with E-state index >= 15 is 0 Å². The lowest BCUT2D eigenvalue weighted by molar-refractivity contribution is 0.102. The van der Waals surface area contributed by atoms with Crippen LogP contribution in [0.1, 0.15) is 52.4 Å². The van der Waals surface area contributed by atoms with Crippen molar-refractivity contribution in [2.24, 2.45) is 0 Å². The minimum absolute atomic E-state index is 0.173. The molecule has 168 valence electrons. The minimum atomic E-state index is -0.173. The Bertz CT molecular complexity index is 1230. The van der Waals surface area contributed by atoms with Gasteiger partial charge in [0.2, 0.25) is 0 Å². The number of amides is 1.